The minimum absolute atomic E-state index is 0.0913. The number of carbonyl (C=O) groups excluding carboxylic acids is 2. The first-order chi connectivity index (χ1) is 15.1. The number of hydrogen-bond acceptors (Lipinski definition) is 2. The van der Waals surface area contributed by atoms with E-state index in [0.29, 0.717) is 13.1 Å². The van der Waals surface area contributed by atoms with Gasteiger partial charge in [0.1, 0.15) is 11.4 Å². The summed E-state index contributed by atoms with van der Waals surface area (Å²) >= 11 is 3.14. The molecule has 1 aromatic carbocycles. The maximum atomic E-state index is 14.0. The molecule has 1 aromatic heterocycles. The first-order valence-electron chi connectivity index (χ1n) is 9.94. The molecule has 1 fully saturated rings. The topological polar surface area (TPSA) is 77.2 Å². The monoisotopic (exact) mass is 514 g/mol. The SMILES string of the molecule is Cc1[nH]c(/C=C2\C(=O)Nc3c(Br)cc(F)cc32)c(C(F)(F)F)c1NC(=O)N1CCCCC1. The van der Waals surface area contributed by atoms with E-state index in [0.717, 1.165) is 37.5 Å². The molecular formula is C21H19BrF4N4O2. The van der Waals surface area contributed by atoms with E-state index in [-0.39, 0.29) is 32.7 Å². The van der Waals surface area contributed by atoms with Crippen molar-refractivity contribution in [1.29, 1.82) is 0 Å². The van der Waals surface area contributed by atoms with Crippen molar-refractivity contribution in [1.82, 2.24) is 9.88 Å². The number of aromatic amines is 1. The van der Waals surface area contributed by atoms with Gasteiger partial charge in [-0.25, -0.2) is 9.18 Å². The van der Waals surface area contributed by atoms with Crippen LogP contribution in [-0.4, -0.2) is 34.9 Å². The molecule has 3 amide bonds. The van der Waals surface area contributed by atoms with Crippen LogP contribution in [0.25, 0.3) is 11.6 Å². The summed E-state index contributed by atoms with van der Waals surface area (Å²) in [7, 11) is 0. The minimum Gasteiger partial charge on any atom is -0.357 e. The molecule has 0 bridgehead atoms. The Morgan fingerprint density at radius 3 is 2.56 bits per heavy atom. The van der Waals surface area contributed by atoms with Crippen LogP contribution in [0, 0.1) is 12.7 Å². The lowest BCUT2D eigenvalue weighted by Gasteiger charge is -2.27. The number of rotatable bonds is 2. The molecule has 0 atom stereocenters. The van der Waals surface area contributed by atoms with Crippen molar-refractivity contribution in [3.63, 3.8) is 0 Å². The van der Waals surface area contributed by atoms with Crippen LogP contribution in [0.3, 0.4) is 0 Å². The second-order valence-electron chi connectivity index (χ2n) is 7.71. The highest BCUT2D eigenvalue weighted by Crippen LogP contribution is 2.43. The van der Waals surface area contributed by atoms with E-state index >= 15 is 0 Å². The van der Waals surface area contributed by atoms with Gasteiger partial charge in [0.25, 0.3) is 5.91 Å². The molecule has 1 saturated heterocycles. The quantitative estimate of drug-likeness (QED) is 0.352. The number of halogens is 5. The molecule has 0 saturated carbocycles. The van der Waals surface area contributed by atoms with E-state index in [2.05, 4.69) is 31.5 Å². The highest BCUT2D eigenvalue weighted by molar-refractivity contribution is 9.10. The number of alkyl halides is 3. The molecule has 3 N–H and O–H groups in total. The number of aryl methyl sites for hydroxylation is 1. The van der Waals surface area contributed by atoms with E-state index in [4.69, 9.17) is 0 Å². The zero-order valence-electron chi connectivity index (χ0n) is 16.9. The fourth-order valence-corrected chi connectivity index (χ4v) is 4.53. The molecule has 0 unspecified atom stereocenters. The molecular weight excluding hydrogens is 496 g/mol. The van der Waals surface area contributed by atoms with Gasteiger partial charge in [0.2, 0.25) is 0 Å². The minimum atomic E-state index is -4.82. The molecule has 4 rings (SSSR count). The molecule has 2 aliphatic heterocycles. The van der Waals surface area contributed by atoms with Gasteiger partial charge in [-0.2, -0.15) is 13.2 Å². The molecule has 2 aliphatic rings. The maximum absolute atomic E-state index is 14.0. The highest BCUT2D eigenvalue weighted by Gasteiger charge is 2.40. The standard InChI is InChI=1S/C21H19BrF4N4O2/c1-10-17(29-20(32)30-5-3-2-4-6-30)16(21(24,25)26)15(27-10)9-13-12-7-11(23)8-14(22)18(12)28-19(13)31/h7-9,27H,2-6H2,1H3,(H,28,31)(H,29,32)/b13-9-. The Morgan fingerprint density at radius 1 is 1.22 bits per heavy atom. The van der Waals surface area contributed by atoms with Gasteiger partial charge in [-0.05, 0) is 60.3 Å². The average molecular weight is 515 g/mol. The fraction of sp³-hybridized carbons (Fsp3) is 0.333. The largest absolute Gasteiger partial charge is 0.420 e. The van der Waals surface area contributed by atoms with Crippen LogP contribution in [-0.2, 0) is 11.0 Å². The number of likely N-dealkylation sites (tertiary alicyclic amines) is 1. The summed E-state index contributed by atoms with van der Waals surface area (Å²) in [5, 5.41) is 4.91. The smallest absolute Gasteiger partial charge is 0.357 e. The van der Waals surface area contributed by atoms with Gasteiger partial charge < -0.3 is 20.5 Å². The number of nitrogens with one attached hydrogen (secondary N) is 3. The third-order valence-electron chi connectivity index (χ3n) is 5.49. The lowest BCUT2D eigenvalue weighted by Crippen LogP contribution is -2.39. The fourth-order valence-electron chi connectivity index (χ4n) is 3.99. The predicted octanol–water partition coefficient (Wildman–Crippen LogP) is 5.75. The average Bonchev–Trinajstić information content (AvgIpc) is 3.20. The van der Waals surface area contributed by atoms with Gasteiger partial charge in [-0.3, -0.25) is 4.79 Å². The predicted molar refractivity (Wildman–Crippen MR) is 116 cm³/mol. The van der Waals surface area contributed by atoms with Crippen LogP contribution >= 0.6 is 15.9 Å². The number of nitrogens with zero attached hydrogens (tertiary/aromatic N) is 1. The molecule has 6 nitrogen and oxygen atoms in total. The first-order valence-corrected chi connectivity index (χ1v) is 10.7. The van der Waals surface area contributed by atoms with Gasteiger partial charge in [0, 0.05) is 28.8 Å². The Balaban J connectivity index is 1.77. The van der Waals surface area contributed by atoms with Gasteiger partial charge in [-0.15, -0.1) is 0 Å². The van der Waals surface area contributed by atoms with Crippen molar-refractivity contribution in [3.8, 4) is 0 Å². The van der Waals surface area contributed by atoms with Crippen LogP contribution in [0.2, 0.25) is 0 Å². The number of benzene rings is 1. The normalized spacial score (nSPS) is 17.5. The van der Waals surface area contributed by atoms with E-state index in [9.17, 15) is 27.2 Å². The summed E-state index contributed by atoms with van der Waals surface area (Å²) in [4.78, 5) is 29.1. The van der Waals surface area contributed by atoms with Crippen LogP contribution in [0.1, 0.15) is 41.8 Å². The van der Waals surface area contributed by atoms with E-state index < -0.39 is 35.2 Å². The van der Waals surface area contributed by atoms with E-state index in [1.807, 2.05) is 0 Å². The molecule has 0 radical (unpaired) electrons. The number of urea groups is 1. The van der Waals surface area contributed by atoms with Gasteiger partial charge in [0.15, 0.2) is 0 Å². The zero-order valence-corrected chi connectivity index (χ0v) is 18.5. The highest BCUT2D eigenvalue weighted by atomic mass is 79.9. The lowest BCUT2D eigenvalue weighted by atomic mass is 10.0. The van der Waals surface area contributed by atoms with Gasteiger partial charge in [0.05, 0.1) is 22.6 Å². The molecule has 3 heterocycles. The Hall–Kier alpha value is -2.82. The number of H-pyrrole nitrogens is 1. The number of amides is 3. The Labute approximate surface area is 189 Å². The van der Waals surface area contributed by atoms with Crippen LogP contribution < -0.4 is 10.6 Å². The third kappa shape index (κ3) is 4.13. The number of anilines is 2. The Bertz CT molecular complexity index is 1130. The zero-order chi connectivity index (χ0) is 23.2. The van der Waals surface area contributed by atoms with E-state index in [1.165, 1.54) is 11.8 Å². The summed E-state index contributed by atoms with van der Waals surface area (Å²) in [5.74, 6) is -1.31. The van der Waals surface area contributed by atoms with E-state index in [1.54, 1.807) is 0 Å². The summed E-state index contributed by atoms with van der Waals surface area (Å²) in [6.07, 6.45) is -1.23. The molecule has 170 valence electrons. The van der Waals surface area contributed by atoms with Crippen molar-refractivity contribution in [2.45, 2.75) is 32.4 Å². The lowest BCUT2D eigenvalue weighted by molar-refractivity contribution is -0.137. The number of piperidine rings is 1. The molecule has 2 aromatic rings. The molecule has 0 aliphatic carbocycles. The molecule has 0 spiro atoms. The van der Waals surface area contributed by atoms with Crippen LogP contribution in [0.4, 0.5) is 33.7 Å². The number of carbonyl (C=O) groups is 2. The number of aromatic nitrogens is 1. The van der Waals surface area contributed by atoms with Crippen LogP contribution in [0.5, 0.6) is 0 Å². The summed E-state index contributed by atoms with van der Waals surface area (Å²) < 4.78 is 56.2. The number of hydrogen-bond donors (Lipinski definition) is 3. The third-order valence-corrected chi connectivity index (χ3v) is 6.12. The van der Waals surface area contributed by atoms with Crippen molar-refractivity contribution in [2.75, 3.05) is 23.7 Å². The van der Waals surface area contributed by atoms with Gasteiger partial charge >= 0.3 is 12.2 Å². The second-order valence-corrected chi connectivity index (χ2v) is 8.57. The van der Waals surface area contributed by atoms with Crippen LogP contribution in [0.15, 0.2) is 16.6 Å². The molecule has 32 heavy (non-hydrogen) atoms. The summed E-state index contributed by atoms with van der Waals surface area (Å²) in [6.45, 7) is 2.36. The summed E-state index contributed by atoms with van der Waals surface area (Å²) in [6, 6.07) is 1.62. The summed E-state index contributed by atoms with van der Waals surface area (Å²) in [5.41, 5.74) is -1.50. The number of fused-ring (bicyclic) bond motifs is 1. The maximum Gasteiger partial charge on any atom is 0.420 e. The first kappa shape index (κ1) is 22.4. The van der Waals surface area contributed by atoms with Crippen molar-refractivity contribution in [2.24, 2.45) is 0 Å². The van der Waals surface area contributed by atoms with Gasteiger partial charge in [-0.1, -0.05) is 0 Å². The Morgan fingerprint density at radius 2 is 1.91 bits per heavy atom. The Kier molecular flexibility index (Phi) is 5.78. The second kappa shape index (κ2) is 8.27. The van der Waals surface area contributed by atoms with Crippen molar-refractivity contribution in [3.05, 3.63) is 44.9 Å². The van der Waals surface area contributed by atoms with Crippen molar-refractivity contribution >= 4 is 50.9 Å². The van der Waals surface area contributed by atoms with Crippen molar-refractivity contribution < 1.29 is 27.2 Å². The molecule has 11 heteroatoms.